The summed E-state index contributed by atoms with van der Waals surface area (Å²) in [4.78, 5) is 40.1. The molecule has 11 nitrogen and oxygen atoms in total. The summed E-state index contributed by atoms with van der Waals surface area (Å²) >= 11 is 3.42. The van der Waals surface area contributed by atoms with E-state index in [1.165, 1.54) is 9.40 Å². The van der Waals surface area contributed by atoms with Crippen molar-refractivity contribution in [3.05, 3.63) is 309 Å². The van der Waals surface area contributed by atoms with E-state index >= 15 is 0 Å². The highest BCUT2D eigenvalue weighted by molar-refractivity contribution is 7.22. The summed E-state index contributed by atoms with van der Waals surface area (Å²) in [5.74, 6) is 3.60. The molecular weight excluding hydrogens is 1260 g/mol. The van der Waals surface area contributed by atoms with E-state index in [9.17, 15) is 0 Å². The highest BCUT2D eigenvalue weighted by Gasteiger charge is 2.24. The minimum Gasteiger partial charge on any atom is -0.455 e. The van der Waals surface area contributed by atoms with Crippen molar-refractivity contribution in [2.45, 2.75) is 0 Å². The van der Waals surface area contributed by atoms with Crippen LogP contribution in [-0.2, 0) is 0 Å². The Bertz CT molecular complexity index is 6320. The molecule has 20 aromatic rings. The summed E-state index contributed by atoms with van der Waals surface area (Å²) in [6, 6.07) is 105. The van der Waals surface area contributed by atoms with Crippen LogP contribution in [0.25, 0.3) is 192 Å². The molecule has 0 atom stereocenters. The van der Waals surface area contributed by atoms with Gasteiger partial charge < -0.3 is 8.83 Å². The zero-order valence-corrected chi connectivity index (χ0v) is 54.2. The van der Waals surface area contributed by atoms with Crippen LogP contribution in [0.5, 0.6) is 0 Å². The molecule has 464 valence electrons. The van der Waals surface area contributed by atoms with Crippen molar-refractivity contribution in [2.24, 2.45) is 0 Å². The Morgan fingerprint density at radius 1 is 0.253 bits per heavy atom. The number of fused-ring (bicyclic) bond motifs is 11. The minimum atomic E-state index is 0.560. The lowest BCUT2D eigenvalue weighted by Gasteiger charge is -2.11. The summed E-state index contributed by atoms with van der Waals surface area (Å²) < 4.78 is 17.9. The monoisotopic (exact) mass is 1310 g/mol. The van der Waals surface area contributed by atoms with Gasteiger partial charge in [-0.25, -0.2) is 29.9 Å². The van der Waals surface area contributed by atoms with Gasteiger partial charge in [-0.15, -0.1) is 22.7 Å². The van der Waals surface area contributed by atoms with Crippen LogP contribution in [0.3, 0.4) is 0 Å². The van der Waals surface area contributed by atoms with Crippen LogP contribution in [0, 0.1) is 0 Å². The highest BCUT2D eigenvalue weighted by atomic mass is 32.1. The molecular formula is C86H51N9O2S2. The van der Waals surface area contributed by atoms with E-state index in [-0.39, 0.29) is 0 Å². The fraction of sp³-hybridized carbons (Fsp3) is 0. The first-order chi connectivity index (χ1) is 49.0. The predicted octanol–water partition coefficient (Wildman–Crippen LogP) is 22.9. The van der Waals surface area contributed by atoms with E-state index in [1.807, 2.05) is 127 Å². The molecule has 0 bridgehead atoms. The van der Waals surface area contributed by atoms with E-state index in [1.54, 1.807) is 22.7 Å². The second kappa shape index (κ2) is 24.1. The van der Waals surface area contributed by atoms with Crippen LogP contribution in [0.15, 0.2) is 318 Å². The van der Waals surface area contributed by atoms with E-state index in [2.05, 4.69) is 187 Å². The average molecular weight is 1310 g/mol. The molecule has 13 aromatic carbocycles. The maximum absolute atomic E-state index is 6.70. The molecule has 0 spiro atoms. The first-order valence-electron chi connectivity index (χ1n) is 32.5. The number of para-hydroxylation sites is 6. The number of benzene rings is 13. The second-order valence-corrected chi connectivity index (χ2v) is 26.2. The second-order valence-electron chi connectivity index (χ2n) is 24.1. The van der Waals surface area contributed by atoms with Gasteiger partial charge in [0.1, 0.15) is 32.3 Å². The van der Waals surface area contributed by atoms with E-state index in [0.717, 1.165) is 148 Å². The summed E-state index contributed by atoms with van der Waals surface area (Å²) in [6.45, 7) is 0. The number of rotatable bonds is 10. The van der Waals surface area contributed by atoms with Gasteiger partial charge in [0.15, 0.2) is 29.1 Å². The van der Waals surface area contributed by atoms with Gasteiger partial charge in [0.05, 0.1) is 31.5 Å². The Hall–Kier alpha value is -12.9. The number of nitrogens with zero attached hydrogens (tertiary/aromatic N) is 9. The van der Waals surface area contributed by atoms with Gasteiger partial charge in [-0.2, -0.15) is 9.97 Å². The number of thiazole rings is 2. The molecule has 13 heteroatoms. The zero-order chi connectivity index (χ0) is 65.3. The molecule has 99 heavy (non-hydrogen) atoms. The molecule has 0 fully saturated rings. The number of hydrogen-bond acceptors (Lipinski definition) is 12. The van der Waals surface area contributed by atoms with Crippen LogP contribution in [-0.4, -0.2) is 44.4 Å². The lowest BCUT2D eigenvalue weighted by Crippen LogP contribution is -2.06. The summed E-state index contributed by atoms with van der Waals surface area (Å²) in [5.41, 5.74) is 18.2. The van der Waals surface area contributed by atoms with Gasteiger partial charge in [0.2, 0.25) is 5.95 Å². The predicted molar refractivity (Wildman–Crippen MR) is 404 cm³/mol. The number of furan rings is 2. The lowest BCUT2D eigenvalue weighted by molar-refractivity contribution is 0.669. The molecule has 7 heterocycles. The van der Waals surface area contributed by atoms with Gasteiger partial charge in [0.25, 0.3) is 0 Å². The van der Waals surface area contributed by atoms with Gasteiger partial charge in [-0.3, -0.25) is 4.57 Å². The maximum Gasteiger partial charge on any atom is 0.238 e. The fourth-order valence-corrected chi connectivity index (χ4v) is 15.4. The third kappa shape index (κ3) is 10.3. The smallest absolute Gasteiger partial charge is 0.238 e. The van der Waals surface area contributed by atoms with E-state index in [0.29, 0.717) is 35.1 Å². The van der Waals surface area contributed by atoms with E-state index < -0.39 is 0 Å². The third-order valence-electron chi connectivity index (χ3n) is 18.1. The van der Waals surface area contributed by atoms with E-state index in [4.69, 9.17) is 48.7 Å². The Labute approximate surface area is 574 Å². The van der Waals surface area contributed by atoms with Crippen LogP contribution in [0.4, 0.5) is 0 Å². The zero-order valence-electron chi connectivity index (χ0n) is 52.6. The Balaban J connectivity index is 0.000000140. The first-order valence-corrected chi connectivity index (χ1v) is 34.2. The Morgan fingerprint density at radius 3 is 1.16 bits per heavy atom. The average Bonchev–Trinajstić information content (AvgIpc) is 1.61. The van der Waals surface area contributed by atoms with Crippen molar-refractivity contribution in [3.8, 4) is 106 Å². The van der Waals surface area contributed by atoms with Crippen LogP contribution in [0.1, 0.15) is 0 Å². The van der Waals surface area contributed by atoms with Crippen LogP contribution in [0.2, 0.25) is 0 Å². The summed E-state index contributed by atoms with van der Waals surface area (Å²) in [5, 5.41) is 8.27. The summed E-state index contributed by atoms with van der Waals surface area (Å²) in [7, 11) is 0. The van der Waals surface area contributed by atoms with Crippen LogP contribution >= 0.6 is 22.7 Å². The summed E-state index contributed by atoms with van der Waals surface area (Å²) in [6.07, 6.45) is 0. The fourth-order valence-electron chi connectivity index (χ4n) is 13.5. The van der Waals surface area contributed by atoms with Crippen molar-refractivity contribution in [1.29, 1.82) is 0 Å². The molecule has 0 aliphatic carbocycles. The van der Waals surface area contributed by atoms with Crippen molar-refractivity contribution in [1.82, 2.24) is 44.4 Å². The molecule has 0 amide bonds. The molecule has 7 aromatic heterocycles. The standard InChI is InChI=1S/C46H27N5OS.C40H24N4OS/c1-2-12-29(13-3-1)43-48-44(50-46(49-43)51-37-20-7-4-14-32(37)33-15-5-8-21-38(33)51)35-18-11-22-39-41(35)34-17-10-16-31(42(34)52-39)28-24-26-30(27-25-28)45-47-36-19-6-9-23-40(36)53-45;1-3-12-25(13-4-1)37-42-38(26-14-5-2-6-15-26)44-39(43-37)31-20-11-22-33-35(31)30-19-10-18-29(36(30)45-33)27-16-9-17-28(24-27)40-41-32-21-7-8-23-34(32)46-40/h1-27H;1-24H. The number of hydrogen-bond donors (Lipinski definition) is 0. The van der Waals surface area contributed by atoms with Crippen molar-refractivity contribution in [3.63, 3.8) is 0 Å². The Morgan fingerprint density at radius 2 is 0.626 bits per heavy atom. The van der Waals surface area contributed by atoms with Gasteiger partial charge in [-0.05, 0) is 65.7 Å². The van der Waals surface area contributed by atoms with Crippen molar-refractivity contribution >= 4 is 109 Å². The molecule has 0 aliphatic rings. The van der Waals surface area contributed by atoms with Gasteiger partial charge >= 0.3 is 0 Å². The largest absolute Gasteiger partial charge is 0.455 e. The normalized spacial score (nSPS) is 11.6. The molecule has 0 radical (unpaired) electrons. The molecule has 0 N–H and O–H groups in total. The SMILES string of the molecule is c1ccc(-c2nc(-c3cccc4oc5c(-c6ccc(-c7nc8ccccc8s7)cc6)cccc5c34)nc(-n3c4ccccc4c4ccccc43)n2)cc1.c1ccc(-c2nc(-c3ccccc3)nc(-c3cccc4oc5c(-c6cccc(-c7nc8ccccc8s7)c6)cccc5c34)n2)cc1. The highest BCUT2D eigenvalue weighted by Crippen LogP contribution is 2.44. The molecule has 20 rings (SSSR count). The first kappa shape index (κ1) is 57.5. The minimum absolute atomic E-state index is 0.560. The Kier molecular flexibility index (Phi) is 14.0. The number of aromatic nitrogens is 9. The lowest BCUT2D eigenvalue weighted by atomic mass is 9.99. The molecule has 0 unspecified atom stereocenters. The molecule has 0 saturated heterocycles. The topological polar surface area (TPSA) is 134 Å². The maximum atomic E-state index is 6.70. The molecule has 0 aliphatic heterocycles. The van der Waals surface area contributed by atoms with Gasteiger partial charge in [-0.1, -0.05) is 255 Å². The van der Waals surface area contributed by atoms with Gasteiger partial charge in [0, 0.05) is 82.4 Å². The molecule has 0 saturated carbocycles. The van der Waals surface area contributed by atoms with Crippen molar-refractivity contribution in [2.75, 3.05) is 0 Å². The van der Waals surface area contributed by atoms with Crippen molar-refractivity contribution < 1.29 is 8.83 Å². The third-order valence-corrected chi connectivity index (χ3v) is 20.3. The quantitative estimate of drug-likeness (QED) is 0.130. The van der Waals surface area contributed by atoms with Crippen LogP contribution < -0.4 is 0 Å².